The first-order valence-electron chi connectivity index (χ1n) is 8.09. The number of halogens is 2. The molecule has 6 nitrogen and oxygen atoms in total. The number of benzene rings is 2. The monoisotopic (exact) mass is 424 g/mol. The number of aromatic amines is 1. The topological polar surface area (TPSA) is 64.1 Å². The van der Waals surface area contributed by atoms with Crippen molar-refractivity contribution in [2.45, 2.75) is 20.1 Å². The van der Waals surface area contributed by atoms with E-state index >= 15 is 0 Å². The van der Waals surface area contributed by atoms with Gasteiger partial charge in [0.25, 0.3) is 0 Å². The quantitative estimate of drug-likeness (QED) is 0.528. The second-order valence-electron chi connectivity index (χ2n) is 5.77. The molecule has 0 aliphatic rings. The molecule has 0 radical (unpaired) electrons. The van der Waals surface area contributed by atoms with Crippen LogP contribution in [-0.4, -0.2) is 22.0 Å². The van der Waals surface area contributed by atoms with Gasteiger partial charge in [0.2, 0.25) is 4.77 Å². The molecule has 0 aliphatic heterocycles. The lowest BCUT2D eigenvalue weighted by molar-refractivity contribution is 0.284. The van der Waals surface area contributed by atoms with Crippen molar-refractivity contribution in [1.82, 2.24) is 14.9 Å². The molecule has 3 rings (SSSR count). The third kappa shape index (κ3) is 4.74. The van der Waals surface area contributed by atoms with E-state index in [4.69, 9.17) is 44.9 Å². The summed E-state index contributed by atoms with van der Waals surface area (Å²) in [6.07, 6.45) is 0. The molecular formula is C18H18Cl2N4O2S. The fourth-order valence-corrected chi connectivity index (χ4v) is 3.03. The molecule has 9 heteroatoms. The Morgan fingerprint density at radius 1 is 1.11 bits per heavy atom. The molecule has 3 aromatic rings. The average molecular weight is 425 g/mol. The number of methoxy groups -OCH3 is 1. The molecule has 0 amide bonds. The van der Waals surface area contributed by atoms with E-state index in [1.165, 1.54) is 0 Å². The van der Waals surface area contributed by atoms with Crippen molar-refractivity contribution in [2.75, 3.05) is 12.5 Å². The van der Waals surface area contributed by atoms with E-state index in [0.29, 0.717) is 39.5 Å². The SMILES string of the molecule is COc1cc(CNn2c(C)n[nH]c2=S)ccc1OCc1ccc(Cl)c(Cl)c1. The first-order valence-corrected chi connectivity index (χ1v) is 9.26. The standard InChI is InChI=1S/C18H18Cl2N4O2S/c1-11-22-23-18(27)24(11)21-9-12-4-6-16(17(8-12)25-2)26-10-13-3-5-14(19)15(20)7-13/h3-8,21H,9-10H2,1-2H3,(H,23,27). The molecule has 0 fully saturated rings. The summed E-state index contributed by atoms with van der Waals surface area (Å²) < 4.78 is 13.6. The van der Waals surface area contributed by atoms with Crippen molar-refractivity contribution in [3.63, 3.8) is 0 Å². The van der Waals surface area contributed by atoms with Gasteiger partial charge in [-0.25, -0.2) is 4.68 Å². The molecule has 2 N–H and O–H groups in total. The van der Waals surface area contributed by atoms with Crippen LogP contribution in [0.4, 0.5) is 0 Å². The Bertz CT molecular complexity index is 1000. The molecule has 0 unspecified atom stereocenters. The Morgan fingerprint density at radius 3 is 2.56 bits per heavy atom. The van der Waals surface area contributed by atoms with Gasteiger partial charge >= 0.3 is 0 Å². The first kappa shape index (κ1) is 19.5. The van der Waals surface area contributed by atoms with Crippen molar-refractivity contribution < 1.29 is 9.47 Å². The maximum absolute atomic E-state index is 6.04. The number of hydrogen-bond acceptors (Lipinski definition) is 5. The summed E-state index contributed by atoms with van der Waals surface area (Å²) in [6, 6.07) is 11.1. The predicted octanol–water partition coefficient (Wildman–Crippen LogP) is 4.89. The minimum atomic E-state index is 0.355. The Balaban J connectivity index is 1.68. The first-order chi connectivity index (χ1) is 13.0. The van der Waals surface area contributed by atoms with Crippen molar-refractivity contribution in [3.8, 4) is 11.5 Å². The van der Waals surface area contributed by atoms with Crippen LogP contribution in [0.15, 0.2) is 36.4 Å². The number of nitrogens with one attached hydrogen (secondary N) is 2. The normalized spacial score (nSPS) is 10.7. The molecule has 0 atom stereocenters. The van der Waals surface area contributed by atoms with Crippen molar-refractivity contribution in [1.29, 1.82) is 0 Å². The van der Waals surface area contributed by atoms with Crippen molar-refractivity contribution >= 4 is 35.4 Å². The lowest BCUT2D eigenvalue weighted by atomic mass is 10.2. The molecular weight excluding hydrogens is 407 g/mol. The van der Waals surface area contributed by atoms with Crippen LogP contribution < -0.4 is 14.9 Å². The molecule has 0 aliphatic carbocycles. The summed E-state index contributed by atoms with van der Waals surface area (Å²) in [6.45, 7) is 2.77. The number of aryl methyl sites for hydroxylation is 1. The third-order valence-electron chi connectivity index (χ3n) is 3.89. The van der Waals surface area contributed by atoms with Crippen LogP contribution in [0.5, 0.6) is 11.5 Å². The molecule has 0 bridgehead atoms. The summed E-state index contributed by atoms with van der Waals surface area (Å²) in [7, 11) is 1.61. The van der Waals surface area contributed by atoms with Crippen molar-refractivity contribution in [2.24, 2.45) is 0 Å². The average Bonchev–Trinajstić information content (AvgIpc) is 2.99. The number of rotatable bonds is 7. The summed E-state index contributed by atoms with van der Waals surface area (Å²) >= 11 is 17.2. The van der Waals surface area contributed by atoms with Gasteiger partial charge in [0.05, 0.1) is 23.7 Å². The molecule has 1 aromatic heterocycles. The summed E-state index contributed by atoms with van der Waals surface area (Å²) in [5.41, 5.74) is 5.14. The van der Waals surface area contributed by atoms with Gasteiger partial charge in [-0.1, -0.05) is 35.3 Å². The van der Waals surface area contributed by atoms with Crippen LogP contribution in [0.2, 0.25) is 10.0 Å². The highest BCUT2D eigenvalue weighted by molar-refractivity contribution is 7.71. The van der Waals surface area contributed by atoms with Gasteiger partial charge in [-0.05, 0) is 54.5 Å². The molecule has 27 heavy (non-hydrogen) atoms. The minimum absolute atomic E-state index is 0.355. The maximum atomic E-state index is 6.04. The Kier molecular flexibility index (Phi) is 6.26. The molecule has 2 aromatic carbocycles. The zero-order valence-electron chi connectivity index (χ0n) is 14.8. The van der Waals surface area contributed by atoms with Crippen LogP contribution in [0.1, 0.15) is 17.0 Å². The molecule has 0 saturated carbocycles. The van der Waals surface area contributed by atoms with Gasteiger partial charge in [0, 0.05) is 0 Å². The Morgan fingerprint density at radius 2 is 1.89 bits per heavy atom. The number of H-pyrrole nitrogens is 1. The Hall–Kier alpha value is -2.22. The molecule has 0 spiro atoms. The number of aromatic nitrogens is 3. The van der Waals surface area contributed by atoms with Gasteiger partial charge in [0.1, 0.15) is 12.4 Å². The second kappa shape index (κ2) is 8.65. The summed E-state index contributed by atoms with van der Waals surface area (Å²) in [5, 5.41) is 7.81. The van der Waals surface area contributed by atoms with Crippen LogP contribution in [0.3, 0.4) is 0 Å². The zero-order valence-corrected chi connectivity index (χ0v) is 17.1. The van der Waals surface area contributed by atoms with E-state index in [1.54, 1.807) is 23.9 Å². The summed E-state index contributed by atoms with van der Waals surface area (Å²) in [5.74, 6) is 2.04. The van der Waals surface area contributed by atoms with Crippen LogP contribution >= 0.6 is 35.4 Å². The van der Waals surface area contributed by atoms with Gasteiger partial charge in [-0.15, -0.1) is 0 Å². The predicted molar refractivity (Wildman–Crippen MR) is 109 cm³/mol. The number of hydrogen-bond donors (Lipinski definition) is 2. The van der Waals surface area contributed by atoms with E-state index < -0.39 is 0 Å². The van der Waals surface area contributed by atoms with Gasteiger partial charge in [-0.3, -0.25) is 5.10 Å². The molecule has 142 valence electrons. The second-order valence-corrected chi connectivity index (χ2v) is 6.97. The largest absolute Gasteiger partial charge is 0.493 e. The Labute approximate surface area is 172 Å². The smallest absolute Gasteiger partial charge is 0.214 e. The lowest BCUT2D eigenvalue weighted by Crippen LogP contribution is -2.16. The van der Waals surface area contributed by atoms with Crippen LogP contribution in [-0.2, 0) is 13.2 Å². The number of nitrogens with zero attached hydrogens (tertiary/aromatic N) is 2. The zero-order chi connectivity index (χ0) is 19.4. The highest BCUT2D eigenvalue weighted by atomic mass is 35.5. The maximum Gasteiger partial charge on any atom is 0.214 e. The highest BCUT2D eigenvalue weighted by Crippen LogP contribution is 2.30. The fraction of sp³-hybridized carbons (Fsp3) is 0.222. The van der Waals surface area contributed by atoms with E-state index in [9.17, 15) is 0 Å². The molecule has 1 heterocycles. The van der Waals surface area contributed by atoms with E-state index in [-0.39, 0.29) is 0 Å². The molecule has 0 saturated heterocycles. The van der Waals surface area contributed by atoms with E-state index in [0.717, 1.165) is 17.0 Å². The van der Waals surface area contributed by atoms with Crippen LogP contribution in [0, 0.1) is 11.7 Å². The van der Waals surface area contributed by atoms with Crippen molar-refractivity contribution in [3.05, 3.63) is 68.2 Å². The number of ether oxygens (including phenoxy) is 2. The lowest BCUT2D eigenvalue weighted by Gasteiger charge is -2.14. The van der Waals surface area contributed by atoms with E-state index in [2.05, 4.69) is 15.6 Å². The van der Waals surface area contributed by atoms with Gasteiger partial charge < -0.3 is 14.9 Å². The van der Waals surface area contributed by atoms with Crippen LogP contribution in [0.25, 0.3) is 0 Å². The van der Waals surface area contributed by atoms with Gasteiger partial charge in [-0.2, -0.15) is 5.10 Å². The summed E-state index contributed by atoms with van der Waals surface area (Å²) in [4.78, 5) is 0. The third-order valence-corrected chi connectivity index (χ3v) is 4.90. The fourth-order valence-electron chi connectivity index (χ4n) is 2.46. The minimum Gasteiger partial charge on any atom is -0.493 e. The highest BCUT2D eigenvalue weighted by Gasteiger charge is 2.08. The van der Waals surface area contributed by atoms with Gasteiger partial charge in [0.15, 0.2) is 11.5 Å². The van der Waals surface area contributed by atoms with E-state index in [1.807, 2.05) is 31.2 Å².